The summed E-state index contributed by atoms with van der Waals surface area (Å²) in [5.74, 6) is -0.267. The molecular weight excluding hydrogens is 451 g/mol. The molecule has 0 radical (unpaired) electrons. The molecule has 0 saturated carbocycles. The van der Waals surface area contributed by atoms with Crippen LogP contribution in [0.15, 0.2) is 35.4 Å². The van der Waals surface area contributed by atoms with Crippen LogP contribution in [0.25, 0.3) is 0 Å². The molecule has 1 aromatic carbocycles. The van der Waals surface area contributed by atoms with Crippen molar-refractivity contribution in [1.82, 2.24) is 10.4 Å². The Morgan fingerprint density at radius 1 is 1.17 bits per heavy atom. The highest BCUT2D eigenvalue weighted by atomic mass is 35.5. The molecule has 3 heterocycles. The Kier molecular flexibility index (Phi) is 6.37. The first kappa shape index (κ1) is 20.9. The summed E-state index contributed by atoms with van der Waals surface area (Å²) in [5, 5.41) is 9.13. The van der Waals surface area contributed by atoms with Crippen LogP contribution in [0.2, 0.25) is 14.4 Å². The van der Waals surface area contributed by atoms with Gasteiger partial charge in [-0.1, -0.05) is 48.1 Å². The maximum Gasteiger partial charge on any atom is 0.289 e. The molecule has 2 aliphatic rings. The van der Waals surface area contributed by atoms with Crippen LogP contribution in [0.5, 0.6) is 0 Å². The summed E-state index contributed by atoms with van der Waals surface area (Å²) in [6.07, 6.45) is 3.23. The Morgan fingerprint density at radius 2 is 1.93 bits per heavy atom. The molecule has 4 rings (SSSR count). The van der Waals surface area contributed by atoms with Crippen molar-refractivity contribution in [2.75, 3.05) is 18.1 Å². The van der Waals surface area contributed by atoms with Crippen LogP contribution in [0.1, 0.15) is 37.1 Å². The monoisotopic (exact) mass is 470 g/mol. The van der Waals surface area contributed by atoms with Gasteiger partial charge in [0.15, 0.2) is 0 Å². The zero-order valence-corrected chi connectivity index (χ0v) is 19.0. The van der Waals surface area contributed by atoms with E-state index in [4.69, 9.17) is 34.8 Å². The molecule has 1 amide bonds. The molecule has 1 saturated heterocycles. The van der Waals surface area contributed by atoms with Gasteiger partial charge in [-0.05, 0) is 43.2 Å². The quantitative estimate of drug-likeness (QED) is 0.615. The summed E-state index contributed by atoms with van der Waals surface area (Å²) in [6, 6.07) is 8.97. The van der Waals surface area contributed by atoms with Crippen molar-refractivity contribution in [1.29, 1.82) is 0 Å². The van der Waals surface area contributed by atoms with E-state index in [2.05, 4.69) is 15.5 Å². The number of nitrogens with one attached hydrogen (secondary N) is 1. The molecule has 5 nitrogen and oxygen atoms in total. The number of piperidine rings is 1. The largest absolute Gasteiger partial charge is 0.301 e. The average molecular weight is 472 g/mol. The third-order valence-corrected chi connectivity index (χ3v) is 7.17. The van der Waals surface area contributed by atoms with Gasteiger partial charge in [0.2, 0.25) is 0 Å². The molecule has 2 atom stereocenters. The van der Waals surface area contributed by atoms with Crippen LogP contribution in [-0.2, 0) is 4.79 Å². The van der Waals surface area contributed by atoms with Gasteiger partial charge in [0.05, 0.1) is 21.1 Å². The van der Waals surface area contributed by atoms with Crippen LogP contribution < -0.4 is 10.4 Å². The van der Waals surface area contributed by atoms with Crippen LogP contribution >= 0.6 is 46.1 Å². The number of hydrogen-bond acceptors (Lipinski definition) is 5. The zero-order valence-electron chi connectivity index (χ0n) is 15.9. The summed E-state index contributed by atoms with van der Waals surface area (Å²) in [6.45, 7) is 3.60. The Morgan fingerprint density at radius 3 is 2.59 bits per heavy atom. The number of benzene rings is 1. The third kappa shape index (κ3) is 4.28. The van der Waals surface area contributed by atoms with Crippen LogP contribution in [-0.4, -0.2) is 29.7 Å². The summed E-state index contributed by atoms with van der Waals surface area (Å²) in [4.78, 5) is 14.7. The van der Waals surface area contributed by atoms with Crippen molar-refractivity contribution in [2.24, 2.45) is 11.0 Å². The van der Waals surface area contributed by atoms with Crippen molar-refractivity contribution < 1.29 is 4.79 Å². The first-order valence-electron chi connectivity index (χ1n) is 9.58. The molecule has 0 spiro atoms. The Labute approximate surface area is 189 Å². The zero-order chi connectivity index (χ0) is 20.5. The first-order valence-corrected chi connectivity index (χ1v) is 11.5. The van der Waals surface area contributed by atoms with Gasteiger partial charge in [-0.2, -0.15) is 5.10 Å². The van der Waals surface area contributed by atoms with E-state index >= 15 is 0 Å². The van der Waals surface area contributed by atoms with Gasteiger partial charge in [0, 0.05) is 28.9 Å². The Balaban J connectivity index is 1.64. The molecule has 0 aliphatic carbocycles. The summed E-state index contributed by atoms with van der Waals surface area (Å²) < 4.78 is 0.719. The van der Waals surface area contributed by atoms with E-state index in [1.807, 2.05) is 19.1 Å². The van der Waals surface area contributed by atoms with Crippen molar-refractivity contribution in [3.8, 4) is 0 Å². The minimum absolute atomic E-state index is 0.0738. The first-order chi connectivity index (χ1) is 14.0. The fraction of sp³-hybridized carbons (Fsp3) is 0.400. The van der Waals surface area contributed by atoms with E-state index in [9.17, 15) is 4.79 Å². The van der Waals surface area contributed by atoms with Gasteiger partial charge in [-0.25, -0.2) is 10.0 Å². The van der Waals surface area contributed by atoms with E-state index in [0.29, 0.717) is 21.4 Å². The van der Waals surface area contributed by atoms with E-state index in [0.717, 1.165) is 41.6 Å². The number of hydrazone groups is 1. The number of hydrazine groups is 1. The Bertz CT molecular complexity index is 942. The lowest BCUT2D eigenvalue weighted by atomic mass is 9.96. The molecule has 1 aromatic heterocycles. The number of anilines is 1. The summed E-state index contributed by atoms with van der Waals surface area (Å²) in [5.41, 5.74) is 4.23. The normalized spacial score (nSPS) is 22.3. The fourth-order valence-corrected chi connectivity index (χ4v) is 5.49. The lowest BCUT2D eigenvalue weighted by Crippen LogP contribution is -2.52. The molecule has 1 fully saturated rings. The predicted molar refractivity (Wildman–Crippen MR) is 121 cm³/mol. The van der Waals surface area contributed by atoms with E-state index in [1.54, 1.807) is 23.2 Å². The van der Waals surface area contributed by atoms with Crippen molar-refractivity contribution >= 4 is 63.4 Å². The minimum Gasteiger partial charge on any atom is -0.301 e. The van der Waals surface area contributed by atoms with Crippen molar-refractivity contribution in [2.45, 2.75) is 32.2 Å². The topological polar surface area (TPSA) is 47.9 Å². The van der Waals surface area contributed by atoms with Crippen LogP contribution in [0.4, 0.5) is 5.69 Å². The maximum absolute atomic E-state index is 13.7. The number of amides is 1. The highest BCUT2D eigenvalue weighted by Crippen LogP contribution is 2.36. The second-order valence-electron chi connectivity index (χ2n) is 7.26. The Hall–Kier alpha value is -1.31. The van der Waals surface area contributed by atoms with Crippen LogP contribution in [0.3, 0.4) is 0 Å². The molecule has 2 aliphatic heterocycles. The molecule has 0 bridgehead atoms. The van der Waals surface area contributed by atoms with E-state index in [-0.39, 0.29) is 17.9 Å². The molecular formula is C20H21Cl3N4OS. The summed E-state index contributed by atoms with van der Waals surface area (Å²) >= 11 is 20.2. The molecule has 154 valence electrons. The third-order valence-electron chi connectivity index (χ3n) is 5.32. The standard InChI is InChI=1S/C20H21Cl3N4OS/c1-12-18(16-7-8-17(23)29-16)24-25-19(12)20(28)27(26-9-3-2-4-10-26)15-6-5-13(21)11-14(15)22/h5-8,11-12,18,24H,2-4,9-10H2,1H3/t12-,18+/m1/s1. The second kappa shape index (κ2) is 8.82. The van der Waals surface area contributed by atoms with Gasteiger partial charge < -0.3 is 5.43 Å². The second-order valence-corrected chi connectivity index (χ2v) is 9.85. The van der Waals surface area contributed by atoms with Gasteiger partial charge >= 0.3 is 0 Å². The fourth-order valence-electron chi connectivity index (χ4n) is 3.79. The van der Waals surface area contributed by atoms with Crippen molar-refractivity contribution in [3.63, 3.8) is 0 Å². The van der Waals surface area contributed by atoms with Gasteiger partial charge in [0.1, 0.15) is 5.71 Å². The van der Waals surface area contributed by atoms with Crippen LogP contribution in [0, 0.1) is 5.92 Å². The van der Waals surface area contributed by atoms with E-state index in [1.165, 1.54) is 11.3 Å². The molecule has 1 N–H and O–H groups in total. The highest BCUT2D eigenvalue weighted by molar-refractivity contribution is 7.16. The smallest absolute Gasteiger partial charge is 0.289 e. The number of hydrogen-bond donors (Lipinski definition) is 1. The lowest BCUT2D eigenvalue weighted by molar-refractivity contribution is -0.115. The number of thiophene rings is 1. The van der Waals surface area contributed by atoms with Gasteiger partial charge in [0.25, 0.3) is 5.91 Å². The predicted octanol–water partition coefficient (Wildman–Crippen LogP) is 5.78. The molecule has 29 heavy (non-hydrogen) atoms. The average Bonchev–Trinajstić information content (AvgIpc) is 3.30. The molecule has 9 heteroatoms. The number of nitrogens with zero attached hydrogens (tertiary/aromatic N) is 3. The molecule has 2 aromatic rings. The molecule has 0 unspecified atom stereocenters. The lowest BCUT2D eigenvalue weighted by Gasteiger charge is -2.38. The maximum atomic E-state index is 13.7. The number of carbonyl (C=O) groups is 1. The summed E-state index contributed by atoms with van der Waals surface area (Å²) in [7, 11) is 0. The number of halogens is 3. The van der Waals surface area contributed by atoms with Gasteiger partial charge in [-0.15, -0.1) is 11.3 Å². The SMILES string of the molecule is C[C@H]1C(C(=O)N(c2ccc(Cl)cc2Cl)N2CCCCC2)=NN[C@@H]1c1ccc(Cl)s1. The number of carbonyl (C=O) groups excluding carboxylic acids is 1. The van der Waals surface area contributed by atoms with Crippen molar-refractivity contribution in [3.05, 3.63) is 49.6 Å². The number of rotatable bonds is 4. The highest BCUT2D eigenvalue weighted by Gasteiger charge is 2.39. The minimum atomic E-state index is -0.165. The van der Waals surface area contributed by atoms with Gasteiger partial charge in [-0.3, -0.25) is 4.79 Å². The van der Waals surface area contributed by atoms with E-state index < -0.39 is 0 Å².